The van der Waals surface area contributed by atoms with Crippen molar-refractivity contribution in [3.05, 3.63) is 58.1 Å². The van der Waals surface area contributed by atoms with Crippen LogP contribution in [-0.2, 0) is 9.47 Å². The van der Waals surface area contributed by atoms with E-state index in [0.29, 0.717) is 11.3 Å². The molecule has 0 atom stereocenters. The molecule has 0 bridgehead atoms. The first-order valence-electron chi connectivity index (χ1n) is 8.98. The van der Waals surface area contributed by atoms with Crippen molar-refractivity contribution >= 4 is 35.2 Å². The van der Waals surface area contributed by atoms with Gasteiger partial charge >= 0.3 is 23.9 Å². The first kappa shape index (κ1) is 21.8. The summed E-state index contributed by atoms with van der Waals surface area (Å²) >= 11 is 0.596. The molecule has 0 aliphatic heterocycles. The molecule has 3 heterocycles. The summed E-state index contributed by atoms with van der Waals surface area (Å²) in [6.45, 7) is 3.17. The summed E-state index contributed by atoms with van der Waals surface area (Å²) in [4.78, 5) is 49.3. The third kappa shape index (κ3) is 4.83. The number of ether oxygens (including phenoxy) is 4. The molecule has 0 fully saturated rings. The molecule has 0 aromatic carbocycles. The molecule has 0 aliphatic rings. The number of hydrogen-bond donors (Lipinski definition) is 0. The average Bonchev–Trinajstić information content (AvgIpc) is 3.50. The molecular formula is C20H16O10S. The summed E-state index contributed by atoms with van der Waals surface area (Å²) in [6.07, 6.45) is 2.50. The molecule has 0 radical (unpaired) electrons. The maximum Gasteiger partial charge on any atom is 0.379 e. The second-order valence-corrected chi connectivity index (χ2v) is 6.61. The molecule has 10 nitrogen and oxygen atoms in total. The number of thiophene rings is 1. The molecule has 11 heteroatoms. The third-order valence-electron chi connectivity index (χ3n) is 3.58. The molecule has 3 aromatic rings. The normalized spacial score (nSPS) is 10.4. The first-order chi connectivity index (χ1) is 15.0. The summed E-state index contributed by atoms with van der Waals surface area (Å²) < 4.78 is 30.5. The van der Waals surface area contributed by atoms with E-state index in [4.69, 9.17) is 27.8 Å². The van der Waals surface area contributed by atoms with Gasteiger partial charge in [-0.05, 0) is 38.1 Å². The van der Waals surface area contributed by atoms with Crippen molar-refractivity contribution in [3.63, 3.8) is 0 Å². The molecular weight excluding hydrogens is 432 g/mol. The van der Waals surface area contributed by atoms with Gasteiger partial charge in [0, 0.05) is 0 Å². The van der Waals surface area contributed by atoms with Crippen LogP contribution in [0.25, 0.3) is 0 Å². The molecule has 0 unspecified atom stereocenters. The number of carbonyl (C=O) groups is 4. The predicted molar refractivity (Wildman–Crippen MR) is 104 cm³/mol. The van der Waals surface area contributed by atoms with Crippen LogP contribution in [0.3, 0.4) is 0 Å². The fourth-order valence-corrected chi connectivity index (χ4v) is 3.27. The number of hydrogen-bond acceptors (Lipinski definition) is 11. The van der Waals surface area contributed by atoms with Crippen LogP contribution in [0, 0.1) is 0 Å². The predicted octanol–water partition coefficient (Wildman–Crippen LogP) is 3.73. The number of rotatable bonds is 8. The minimum atomic E-state index is -0.987. The highest BCUT2D eigenvalue weighted by atomic mass is 32.1. The van der Waals surface area contributed by atoms with E-state index < -0.39 is 35.4 Å². The Balaban J connectivity index is 2.09. The van der Waals surface area contributed by atoms with Crippen LogP contribution in [-0.4, -0.2) is 37.1 Å². The lowest BCUT2D eigenvalue weighted by Gasteiger charge is -2.08. The summed E-state index contributed by atoms with van der Waals surface area (Å²) in [5.74, 6) is -5.07. The van der Waals surface area contributed by atoms with Crippen molar-refractivity contribution in [2.75, 3.05) is 13.2 Å². The number of esters is 4. The van der Waals surface area contributed by atoms with E-state index >= 15 is 0 Å². The van der Waals surface area contributed by atoms with Gasteiger partial charge in [0.25, 0.3) is 0 Å². The van der Waals surface area contributed by atoms with Gasteiger partial charge in [-0.3, -0.25) is 0 Å². The van der Waals surface area contributed by atoms with E-state index in [-0.39, 0.29) is 34.5 Å². The zero-order valence-electron chi connectivity index (χ0n) is 16.4. The van der Waals surface area contributed by atoms with Crippen LogP contribution < -0.4 is 9.47 Å². The van der Waals surface area contributed by atoms with Crippen LogP contribution in [0.15, 0.2) is 45.6 Å². The van der Waals surface area contributed by atoms with Gasteiger partial charge in [-0.15, -0.1) is 11.3 Å². The zero-order valence-corrected chi connectivity index (χ0v) is 17.2. The number of carbonyl (C=O) groups excluding carboxylic acids is 4. The maximum atomic E-state index is 12.5. The van der Waals surface area contributed by atoms with Gasteiger partial charge in [0.1, 0.15) is 0 Å². The van der Waals surface area contributed by atoms with E-state index in [1.54, 1.807) is 13.8 Å². The van der Waals surface area contributed by atoms with Crippen LogP contribution in [0.4, 0.5) is 0 Å². The lowest BCUT2D eigenvalue weighted by molar-refractivity contribution is 0.0505. The van der Waals surface area contributed by atoms with Crippen LogP contribution >= 0.6 is 11.3 Å². The average molecular weight is 448 g/mol. The molecule has 3 rings (SSSR count). The smallest absolute Gasteiger partial charge is 0.379 e. The van der Waals surface area contributed by atoms with E-state index in [9.17, 15) is 19.2 Å². The molecule has 0 N–H and O–H groups in total. The highest BCUT2D eigenvalue weighted by molar-refractivity contribution is 7.16. The summed E-state index contributed by atoms with van der Waals surface area (Å²) in [5.41, 5.74) is 0. The highest BCUT2D eigenvalue weighted by Gasteiger charge is 2.34. The summed E-state index contributed by atoms with van der Waals surface area (Å²) in [5, 5.41) is 0. The van der Waals surface area contributed by atoms with Crippen LogP contribution in [0.5, 0.6) is 11.5 Å². The first-order valence-corrected chi connectivity index (χ1v) is 9.80. The van der Waals surface area contributed by atoms with Gasteiger partial charge in [0.2, 0.25) is 11.5 Å². The molecule has 31 heavy (non-hydrogen) atoms. The van der Waals surface area contributed by atoms with E-state index in [0.717, 1.165) is 0 Å². The van der Waals surface area contributed by atoms with E-state index in [1.807, 2.05) is 0 Å². The Labute approximate surface area is 179 Å². The fourth-order valence-electron chi connectivity index (χ4n) is 2.32. The zero-order chi connectivity index (χ0) is 22.4. The van der Waals surface area contributed by atoms with Crippen molar-refractivity contribution in [2.24, 2.45) is 0 Å². The Bertz CT molecular complexity index is 991. The van der Waals surface area contributed by atoms with Gasteiger partial charge in [-0.25, -0.2) is 19.2 Å². The Morgan fingerprint density at radius 2 is 1.16 bits per heavy atom. The molecule has 3 aromatic heterocycles. The molecule has 0 aliphatic carbocycles. The lowest BCUT2D eigenvalue weighted by atomic mass is 10.3. The quantitative estimate of drug-likeness (QED) is 0.470. The minimum Gasteiger partial charge on any atom is -0.462 e. The molecule has 0 saturated heterocycles. The second kappa shape index (κ2) is 9.76. The van der Waals surface area contributed by atoms with Crippen molar-refractivity contribution < 1.29 is 47.0 Å². The lowest BCUT2D eigenvalue weighted by Crippen LogP contribution is -2.14. The SMILES string of the molecule is CCOC(=O)c1sc(C(=O)OCC)c(OC(=O)c2ccco2)c1OC(=O)c1ccco1. The highest BCUT2D eigenvalue weighted by Crippen LogP contribution is 2.44. The molecule has 0 saturated carbocycles. The standard InChI is InChI=1S/C20H16O10S/c1-3-25-19(23)15-13(29-17(21)11-7-5-9-27-11)14(16(31-15)20(24)26-4-2)30-18(22)12-8-6-10-28-12/h5-10H,3-4H2,1-2H3. The van der Waals surface area contributed by atoms with Crippen molar-refractivity contribution in [1.82, 2.24) is 0 Å². The maximum absolute atomic E-state index is 12.5. The third-order valence-corrected chi connectivity index (χ3v) is 4.69. The Kier molecular flexibility index (Phi) is 6.88. The van der Waals surface area contributed by atoms with E-state index in [2.05, 4.69) is 0 Å². The van der Waals surface area contributed by atoms with E-state index in [1.165, 1.54) is 36.8 Å². The second-order valence-electron chi connectivity index (χ2n) is 5.59. The molecule has 162 valence electrons. The molecule has 0 spiro atoms. The van der Waals surface area contributed by atoms with Gasteiger partial charge in [-0.2, -0.15) is 0 Å². The Morgan fingerprint density at radius 3 is 1.48 bits per heavy atom. The van der Waals surface area contributed by atoms with Crippen LogP contribution in [0.1, 0.15) is 54.3 Å². The number of furan rings is 2. The van der Waals surface area contributed by atoms with Gasteiger partial charge in [-0.1, -0.05) is 0 Å². The molecule has 0 amide bonds. The minimum absolute atomic E-state index is 0.0125. The van der Waals surface area contributed by atoms with Crippen LogP contribution in [0.2, 0.25) is 0 Å². The largest absolute Gasteiger partial charge is 0.462 e. The van der Waals surface area contributed by atoms with Gasteiger partial charge in [0.05, 0.1) is 25.7 Å². The Hall–Kier alpha value is -3.86. The summed E-state index contributed by atoms with van der Waals surface area (Å²) in [6, 6.07) is 5.58. The monoisotopic (exact) mass is 448 g/mol. The topological polar surface area (TPSA) is 131 Å². The van der Waals surface area contributed by atoms with Crippen molar-refractivity contribution in [2.45, 2.75) is 13.8 Å². The Morgan fingerprint density at radius 1 is 0.742 bits per heavy atom. The fraction of sp³-hybridized carbons (Fsp3) is 0.200. The van der Waals surface area contributed by atoms with Crippen molar-refractivity contribution in [1.29, 1.82) is 0 Å². The van der Waals surface area contributed by atoms with Gasteiger partial charge < -0.3 is 27.8 Å². The van der Waals surface area contributed by atoms with Gasteiger partial charge in [0.15, 0.2) is 21.3 Å². The van der Waals surface area contributed by atoms with Crippen molar-refractivity contribution in [3.8, 4) is 11.5 Å². The summed E-state index contributed by atoms with van der Waals surface area (Å²) in [7, 11) is 0.